The molecule has 0 unspecified atom stereocenters. The van der Waals surface area contributed by atoms with Crippen LogP contribution in [0.5, 0.6) is 0 Å². The number of esters is 1. The molecule has 3 fully saturated rings. The molecule has 3 aliphatic heterocycles. The van der Waals surface area contributed by atoms with Gasteiger partial charge in [-0.15, -0.1) is 0 Å². The summed E-state index contributed by atoms with van der Waals surface area (Å²) in [6, 6.07) is -1.14. The van der Waals surface area contributed by atoms with E-state index in [1.807, 2.05) is 58.1 Å². The molecule has 14 nitrogen and oxygen atoms in total. The molecule has 14 heteroatoms. The predicted molar refractivity (Wildman–Crippen MR) is 245 cm³/mol. The molecule has 0 radical (unpaired) electrons. The van der Waals surface area contributed by atoms with E-state index >= 15 is 0 Å². The van der Waals surface area contributed by atoms with Crippen LogP contribution in [-0.4, -0.2) is 132 Å². The highest BCUT2D eigenvalue weighted by Gasteiger charge is 2.53. The van der Waals surface area contributed by atoms with Crippen LogP contribution in [0.1, 0.15) is 126 Å². The summed E-state index contributed by atoms with van der Waals surface area (Å²) >= 11 is 0. The Morgan fingerprint density at radius 1 is 0.846 bits per heavy atom. The zero-order chi connectivity index (χ0) is 48.2. The van der Waals surface area contributed by atoms with E-state index in [-0.39, 0.29) is 54.8 Å². The van der Waals surface area contributed by atoms with E-state index in [1.54, 1.807) is 41.1 Å². The Hall–Kier alpha value is -3.37. The Balaban J connectivity index is 1.70. The molecule has 4 aliphatic rings. The third-order valence-corrected chi connectivity index (χ3v) is 14.5. The van der Waals surface area contributed by atoms with Gasteiger partial charge >= 0.3 is 5.97 Å². The van der Waals surface area contributed by atoms with Gasteiger partial charge in [0.05, 0.1) is 24.4 Å². The normalized spacial score (nSPS) is 37.8. The lowest BCUT2D eigenvalue weighted by Crippen LogP contribution is -2.61. The Bertz CT molecular complexity index is 1760. The zero-order valence-corrected chi connectivity index (χ0v) is 40.6. The topological polar surface area (TPSA) is 195 Å². The van der Waals surface area contributed by atoms with Crippen molar-refractivity contribution in [2.45, 2.75) is 180 Å². The highest BCUT2D eigenvalue weighted by atomic mass is 16.6. The third kappa shape index (κ3) is 14.3. The number of piperidine rings is 1. The maximum absolute atomic E-state index is 14.4. The first-order valence-electron chi connectivity index (χ1n) is 23.9. The van der Waals surface area contributed by atoms with E-state index in [9.17, 15) is 39.3 Å². The summed E-state index contributed by atoms with van der Waals surface area (Å²) in [7, 11) is 4.52. The average Bonchev–Trinajstić information content (AvgIpc) is 3.28. The molecule has 15 atom stereocenters. The molecular weight excluding hydrogens is 835 g/mol. The van der Waals surface area contributed by atoms with Crippen molar-refractivity contribution in [3.63, 3.8) is 0 Å². The lowest BCUT2D eigenvalue weighted by Gasteiger charge is -2.42. The second-order valence-electron chi connectivity index (χ2n) is 19.6. The van der Waals surface area contributed by atoms with Crippen LogP contribution in [0.15, 0.2) is 47.6 Å². The van der Waals surface area contributed by atoms with E-state index in [2.05, 4.69) is 0 Å². The Morgan fingerprint density at radius 2 is 1.57 bits per heavy atom. The van der Waals surface area contributed by atoms with Crippen molar-refractivity contribution in [3.05, 3.63) is 47.6 Å². The molecule has 2 saturated heterocycles. The number of nitrogens with zero attached hydrogens (tertiary/aromatic N) is 1. The summed E-state index contributed by atoms with van der Waals surface area (Å²) in [6.07, 6.45) is 11.2. The highest BCUT2D eigenvalue weighted by Crippen LogP contribution is 2.38. The van der Waals surface area contributed by atoms with Crippen LogP contribution in [0.3, 0.4) is 0 Å². The predicted octanol–water partition coefficient (Wildman–Crippen LogP) is 6.18. The fourth-order valence-corrected chi connectivity index (χ4v) is 10.1. The van der Waals surface area contributed by atoms with Gasteiger partial charge in [0.15, 0.2) is 5.78 Å². The van der Waals surface area contributed by atoms with Crippen molar-refractivity contribution in [1.82, 2.24) is 4.90 Å². The maximum Gasteiger partial charge on any atom is 0.329 e. The molecule has 2 bridgehead atoms. The summed E-state index contributed by atoms with van der Waals surface area (Å²) < 4.78 is 29.4. The van der Waals surface area contributed by atoms with Crippen molar-refractivity contribution >= 4 is 29.2 Å². The van der Waals surface area contributed by atoms with Gasteiger partial charge in [-0.25, -0.2) is 4.79 Å². The molecule has 0 aromatic carbocycles. The van der Waals surface area contributed by atoms with Crippen LogP contribution in [0.2, 0.25) is 0 Å². The Morgan fingerprint density at radius 3 is 2.25 bits per heavy atom. The van der Waals surface area contributed by atoms with Crippen LogP contribution in [0, 0.1) is 35.5 Å². The van der Waals surface area contributed by atoms with Gasteiger partial charge < -0.3 is 43.9 Å². The average molecular weight is 914 g/mol. The molecule has 366 valence electrons. The number of carbonyl (C=O) groups excluding carboxylic acids is 5. The Labute approximate surface area is 387 Å². The number of carbonyl (C=O) groups is 5. The van der Waals surface area contributed by atoms with E-state index < -0.39 is 83.9 Å². The smallest absolute Gasteiger partial charge is 0.329 e. The quantitative estimate of drug-likeness (QED) is 0.156. The molecule has 3 N–H and O–H groups in total. The van der Waals surface area contributed by atoms with Gasteiger partial charge in [0.2, 0.25) is 5.79 Å². The van der Waals surface area contributed by atoms with Crippen molar-refractivity contribution in [2.75, 3.05) is 27.9 Å². The molecule has 0 spiro atoms. The number of Topliss-reactive ketones (excluding diaryl/α,β-unsaturated/α-hetero) is 3. The number of methoxy groups -OCH3 is 3. The first-order chi connectivity index (χ1) is 30.7. The monoisotopic (exact) mass is 914 g/mol. The number of aliphatic hydroxyl groups excluding tert-OH is 2. The molecule has 3 heterocycles. The molecule has 4 rings (SSSR count). The van der Waals surface area contributed by atoms with Gasteiger partial charge in [0.1, 0.15) is 30.1 Å². The van der Waals surface area contributed by atoms with Crippen LogP contribution in [0.25, 0.3) is 0 Å². The van der Waals surface area contributed by atoms with Gasteiger partial charge in [0, 0.05) is 58.5 Å². The Kier molecular flexibility index (Phi) is 21.0. The van der Waals surface area contributed by atoms with Crippen molar-refractivity contribution in [1.29, 1.82) is 0 Å². The number of amides is 1. The summed E-state index contributed by atoms with van der Waals surface area (Å²) in [4.78, 5) is 71.8. The van der Waals surface area contributed by atoms with Gasteiger partial charge in [-0.05, 0) is 107 Å². The first kappa shape index (κ1) is 54.2. The number of rotatable bonds is 6. The number of cyclic esters (lactones) is 1. The number of fused-ring (bicyclic) bond motifs is 3. The minimum atomic E-state index is -2.43. The van der Waals surface area contributed by atoms with E-state index in [0.717, 1.165) is 12.0 Å². The number of ketones is 3. The van der Waals surface area contributed by atoms with Crippen molar-refractivity contribution in [3.8, 4) is 0 Å². The largest absolute Gasteiger partial charge is 0.460 e. The lowest BCUT2D eigenvalue weighted by molar-refractivity contribution is -0.265. The van der Waals surface area contributed by atoms with Crippen molar-refractivity contribution < 1.29 is 63.0 Å². The summed E-state index contributed by atoms with van der Waals surface area (Å²) in [6.45, 7) is 12.7. The number of aliphatic hydroxyl groups is 3. The van der Waals surface area contributed by atoms with Gasteiger partial charge in [-0.2, -0.15) is 0 Å². The molecule has 0 aromatic heterocycles. The van der Waals surface area contributed by atoms with E-state index in [0.29, 0.717) is 63.4 Å². The van der Waals surface area contributed by atoms with Crippen LogP contribution >= 0.6 is 0 Å². The lowest BCUT2D eigenvalue weighted by atomic mass is 9.78. The van der Waals surface area contributed by atoms with Crippen LogP contribution < -0.4 is 0 Å². The standard InChI is InChI=1S/C51H79NO13/c1-30-16-12-11-13-17-31(2)42(61-8)28-38-21-19-36(7)51(60,65-38)48(57)49(58)52-23-15-14-18-39(52)50(59)64-43(33(4)26-37-20-22-40(53)44(27-37)62-9)29-41(54)32(3)25-35(6)46(56)47(63-10)45(55)34(5)24-30/h11-13,16-17,25,30,32-34,36-40,42-44,46-47,53,56,60H,14-15,18-24,26-29H2,1-10H3/t30-,32-,33-,34-,36+,37+,38-,39-,40+,42-,43+,44-,46+,47-,51-/m1/s1. The summed E-state index contributed by atoms with van der Waals surface area (Å²) in [5, 5.41) is 33.8. The number of allylic oxidation sites excluding steroid dienone is 6. The second kappa shape index (κ2) is 25.1. The first-order valence-corrected chi connectivity index (χ1v) is 23.9. The molecule has 1 amide bonds. The molecule has 1 saturated carbocycles. The van der Waals surface area contributed by atoms with Gasteiger partial charge in [0.25, 0.3) is 11.7 Å². The number of hydrogen-bond donors (Lipinski definition) is 3. The highest BCUT2D eigenvalue weighted by molar-refractivity contribution is 6.39. The molecule has 0 aromatic rings. The zero-order valence-electron chi connectivity index (χ0n) is 40.6. The van der Waals surface area contributed by atoms with E-state index in [4.69, 9.17) is 23.7 Å². The minimum absolute atomic E-state index is 0.0193. The number of hydrogen-bond acceptors (Lipinski definition) is 13. The summed E-state index contributed by atoms with van der Waals surface area (Å²) in [5.41, 5.74) is 1.27. The molecule has 65 heavy (non-hydrogen) atoms. The van der Waals surface area contributed by atoms with Crippen molar-refractivity contribution in [2.24, 2.45) is 35.5 Å². The molecule has 1 aliphatic carbocycles. The SMILES string of the molecule is CO[C@@H]1C(=O)[C@H](C)C[C@H](C)C=CC=CC=C(C)[C@H](OC)C[C@H]2CC[C@H](C)[C@@](O)(O2)C(=O)C(=O)N2CCCC[C@@H]2C(=O)O[C@H]([C@H](C)C[C@@H]2CC[C@H](O)[C@H](OC)C2)CC(=O)[C@H](C)C=C(C)[C@@H]1O. The second-order valence-corrected chi connectivity index (χ2v) is 19.6. The van der Waals surface area contributed by atoms with E-state index in [1.165, 1.54) is 12.0 Å². The number of ether oxygens (including phenoxy) is 5. The fraction of sp³-hybridized carbons (Fsp3) is 0.745. The van der Waals surface area contributed by atoms with Crippen LogP contribution in [0.4, 0.5) is 0 Å². The third-order valence-electron chi connectivity index (χ3n) is 14.5. The fourth-order valence-electron chi connectivity index (χ4n) is 10.1. The van der Waals surface area contributed by atoms with Gasteiger partial charge in [-0.3, -0.25) is 19.2 Å². The minimum Gasteiger partial charge on any atom is -0.460 e. The van der Waals surface area contributed by atoms with Gasteiger partial charge in [-0.1, -0.05) is 71.1 Å². The maximum atomic E-state index is 14.4. The molecular formula is C51H79NO13. The summed E-state index contributed by atoms with van der Waals surface area (Å²) in [5.74, 6) is -7.96. The van der Waals surface area contributed by atoms with Crippen LogP contribution in [-0.2, 0) is 47.7 Å².